The Morgan fingerprint density at radius 3 is 2.67 bits per heavy atom. The molecule has 0 saturated heterocycles. The highest BCUT2D eigenvalue weighted by molar-refractivity contribution is 5.96. The van der Waals surface area contributed by atoms with Crippen molar-refractivity contribution in [3.05, 3.63) is 88.7 Å². The molecule has 14 heteroatoms. The molecule has 1 unspecified atom stereocenters. The van der Waals surface area contributed by atoms with Crippen molar-refractivity contribution < 1.29 is 14.3 Å². The summed E-state index contributed by atoms with van der Waals surface area (Å²) in [5.41, 5.74) is 0.293. The molecule has 198 valence electrons. The first-order valence-electron chi connectivity index (χ1n) is 11.7. The number of aromatic amines is 1. The molecular weight excluding hydrogens is 516 g/mol. The van der Waals surface area contributed by atoms with E-state index in [9.17, 15) is 14.9 Å². The first kappa shape index (κ1) is 25.7. The lowest BCUT2D eigenvalue weighted by molar-refractivity contribution is -0.117. The normalized spacial score (nSPS) is 11.7. The van der Waals surface area contributed by atoms with Crippen LogP contribution < -0.4 is 20.3 Å². The zero-order chi connectivity index (χ0) is 28.1. The van der Waals surface area contributed by atoms with E-state index >= 15 is 0 Å². The number of carbonyl (C=O) groups excluding carboxylic acids is 1. The quantitative estimate of drug-likeness (QED) is 0.281. The molecule has 2 N–H and O–H groups in total. The number of nitrogens with one attached hydrogen (secondary N) is 2. The first-order chi connectivity index (χ1) is 19.5. The molecule has 1 amide bonds. The summed E-state index contributed by atoms with van der Waals surface area (Å²) >= 11 is 0. The van der Waals surface area contributed by atoms with Crippen molar-refractivity contribution >= 4 is 28.4 Å². The van der Waals surface area contributed by atoms with Gasteiger partial charge in [-0.25, -0.2) is 15.0 Å². The fraction of sp³-hybridized carbons (Fsp3) is 0.115. The van der Waals surface area contributed by atoms with Crippen molar-refractivity contribution in [3.63, 3.8) is 0 Å². The second-order valence-electron chi connectivity index (χ2n) is 8.10. The van der Waals surface area contributed by atoms with Gasteiger partial charge in [0.2, 0.25) is 0 Å². The number of carbonyl (C=O) groups is 1. The van der Waals surface area contributed by atoms with Gasteiger partial charge in [0, 0.05) is 18.5 Å². The summed E-state index contributed by atoms with van der Waals surface area (Å²) in [5, 5.41) is 24.8. The van der Waals surface area contributed by atoms with Crippen LogP contribution in [-0.2, 0) is 4.79 Å². The van der Waals surface area contributed by atoms with E-state index in [2.05, 4.69) is 40.6 Å². The summed E-state index contributed by atoms with van der Waals surface area (Å²) in [6.07, 6.45) is 4.26. The number of methoxy groups -OCH3 is 2. The Morgan fingerprint density at radius 2 is 1.93 bits per heavy atom. The van der Waals surface area contributed by atoms with Crippen LogP contribution in [-0.4, -0.2) is 49.8 Å². The predicted octanol–water partition coefficient (Wildman–Crippen LogP) is 3.25. The van der Waals surface area contributed by atoms with Crippen LogP contribution in [0, 0.1) is 11.3 Å². The molecule has 0 bridgehead atoms. The average Bonchev–Trinajstić information content (AvgIpc) is 3.40. The highest BCUT2D eigenvalue weighted by Crippen LogP contribution is 2.28. The number of hydrogen-bond acceptors (Lipinski definition) is 11. The van der Waals surface area contributed by atoms with Crippen molar-refractivity contribution in [2.75, 3.05) is 19.5 Å². The summed E-state index contributed by atoms with van der Waals surface area (Å²) in [4.78, 5) is 42.1. The van der Waals surface area contributed by atoms with Gasteiger partial charge in [-0.2, -0.15) is 20.2 Å². The predicted molar refractivity (Wildman–Crippen MR) is 142 cm³/mol. The molecule has 40 heavy (non-hydrogen) atoms. The Labute approximate surface area is 226 Å². The van der Waals surface area contributed by atoms with Crippen molar-refractivity contribution in [2.24, 2.45) is 10.2 Å². The Balaban J connectivity index is 1.62. The Bertz CT molecular complexity index is 1830. The minimum Gasteiger partial charge on any atom is -0.497 e. The van der Waals surface area contributed by atoms with E-state index in [0.717, 1.165) is 0 Å². The lowest BCUT2D eigenvalue weighted by Gasteiger charge is -2.14. The average molecular weight is 537 g/mol. The number of nitriles is 1. The molecule has 5 rings (SSSR count). The van der Waals surface area contributed by atoms with Crippen molar-refractivity contribution in [1.29, 1.82) is 5.26 Å². The molecule has 0 spiro atoms. The molecule has 0 saturated carbocycles. The molecule has 2 aromatic carbocycles. The van der Waals surface area contributed by atoms with E-state index in [4.69, 9.17) is 9.47 Å². The van der Waals surface area contributed by atoms with Gasteiger partial charge in [-0.15, -0.1) is 5.11 Å². The number of para-hydroxylation sites is 2. The minimum atomic E-state index is -1.54. The highest BCUT2D eigenvalue weighted by Gasteiger charge is 2.27. The maximum atomic E-state index is 13.6. The molecule has 0 fully saturated rings. The van der Waals surface area contributed by atoms with Gasteiger partial charge in [0.1, 0.15) is 28.8 Å². The summed E-state index contributed by atoms with van der Waals surface area (Å²) in [5.74, 6) is 0.280. The van der Waals surface area contributed by atoms with Crippen LogP contribution >= 0.6 is 0 Å². The lowest BCUT2D eigenvalue weighted by atomic mass is 10.1. The fourth-order valence-corrected chi connectivity index (χ4v) is 3.75. The SMILES string of the molecule is COc1ccc2nc(C(N=Nc3c(C#N)cnn3-c3ncccn3)C(=O)Nc3ccccc3OC)c(=O)[nH]c2c1. The van der Waals surface area contributed by atoms with Crippen LogP contribution in [0.1, 0.15) is 17.3 Å². The number of rotatable bonds is 8. The van der Waals surface area contributed by atoms with Crippen molar-refractivity contribution in [1.82, 2.24) is 29.7 Å². The standard InChI is InChI=1S/C26H20N10O4/c1-39-16-8-9-17-19(12-16)33-24(37)21(31-17)22(25(38)32-18-6-3-4-7-20(18)40-2)34-35-23-15(13-27)14-30-36(23)26-28-10-5-11-29-26/h3-12,14,22H,1-2H3,(H,32,38)(H,33,37). The number of H-pyrrole nitrogens is 1. The fourth-order valence-electron chi connectivity index (χ4n) is 3.75. The summed E-state index contributed by atoms with van der Waals surface area (Å²) in [6.45, 7) is 0. The van der Waals surface area contributed by atoms with Gasteiger partial charge in [0.05, 0.1) is 37.1 Å². The highest BCUT2D eigenvalue weighted by atomic mass is 16.5. The van der Waals surface area contributed by atoms with Gasteiger partial charge < -0.3 is 19.8 Å². The van der Waals surface area contributed by atoms with Crippen LogP contribution in [0.2, 0.25) is 0 Å². The number of nitrogens with zero attached hydrogens (tertiary/aromatic N) is 8. The number of hydrogen-bond donors (Lipinski definition) is 2. The van der Waals surface area contributed by atoms with E-state index < -0.39 is 17.5 Å². The Morgan fingerprint density at radius 1 is 1.12 bits per heavy atom. The number of fused-ring (bicyclic) bond motifs is 1. The molecule has 0 aliphatic heterocycles. The van der Waals surface area contributed by atoms with E-state index in [1.807, 2.05) is 6.07 Å². The maximum Gasteiger partial charge on any atom is 0.273 e. The molecule has 3 aromatic heterocycles. The van der Waals surface area contributed by atoms with Crippen LogP contribution in [0.3, 0.4) is 0 Å². The Hall–Kier alpha value is -5.97. The molecule has 0 aliphatic carbocycles. The van der Waals surface area contributed by atoms with E-state index in [0.29, 0.717) is 28.2 Å². The lowest BCUT2D eigenvalue weighted by Crippen LogP contribution is -2.27. The van der Waals surface area contributed by atoms with Crippen LogP contribution in [0.4, 0.5) is 11.5 Å². The third-order valence-electron chi connectivity index (χ3n) is 5.67. The molecule has 3 heterocycles. The number of ether oxygens (including phenoxy) is 2. The smallest absolute Gasteiger partial charge is 0.273 e. The number of benzene rings is 2. The van der Waals surface area contributed by atoms with E-state index in [1.165, 1.54) is 37.5 Å². The zero-order valence-corrected chi connectivity index (χ0v) is 21.1. The number of amides is 1. The molecule has 1 atom stereocenters. The molecule has 5 aromatic rings. The van der Waals surface area contributed by atoms with Gasteiger partial charge in [-0.3, -0.25) is 9.59 Å². The third-order valence-corrected chi connectivity index (χ3v) is 5.67. The molecule has 0 radical (unpaired) electrons. The van der Waals surface area contributed by atoms with Crippen LogP contribution in [0.25, 0.3) is 17.0 Å². The monoisotopic (exact) mass is 536 g/mol. The van der Waals surface area contributed by atoms with Gasteiger partial charge in [-0.05, 0) is 30.3 Å². The van der Waals surface area contributed by atoms with Crippen LogP contribution in [0.5, 0.6) is 11.5 Å². The number of aromatic nitrogens is 6. The van der Waals surface area contributed by atoms with Gasteiger partial charge in [0.15, 0.2) is 11.9 Å². The van der Waals surface area contributed by atoms with Gasteiger partial charge in [-0.1, -0.05) is 12.1 Å². The molecule has 14 nitrogen and oxygen atoms in total. The molecular formula is C26H20N10O4. The Kier molecular flexibility index (Phi) is 7.18. The van der Waals surface area contributed by atoms with Gasteiger partial charge in [0.25, 0.3) is 17.4 Å². The minimum absolute atomic E-state index is 0.0363. The molecule has 0 aliphatic rings. The second-order valence-corrected chi connectivity index (χ2v) is 8.10. The largest absolute Gasteiger partial charge is 0.497 e. The zero-order valence-electron chi connectivity index (χ0n) is 21.1. The summed E-state index contributed by atoms with van der Waals surface area (Å²) in [7, 11) is 2.96. The van der Waals surface area contributed by atoms with E-state index in [1.54, 1.807) is 48.5 Å². The second kappa shape index (κ2) is 11.2. The first-order valence-corrected chi connectivity index (χ1v) is 11.7. The van der Waals surface area contributed by atoms with Crippen molar-refractivity contribution in [2.45, 2.75) is 6.04 Å². The van der Waals surface area contributed by atoms with Crippen molar-refractivity contribution in [3.8, 4) is 23.5 Å². The van der Waals surface area contributed by atoms with Crippen LogP contribution in [0.15, 0.2) is 82.1 Å². The van der Waals surface area contributed by atoms with E-state index in [-0.39, 0.29) is 23.0 Å². The maximum absolute atomic E-state index is 13.6. The summed E-state index contributed by atoms with van der Waals surface area (Å²) < 4.78 is 11.7. The number of anilines is 1. The summed E-state index contributed by atoms with van der Waals surface area (Å²) in [6, 6.07) is 13.7. The number of azo groups is 1. The third kappa shape index (κ3) is 5.07. The topological polar surface area (TPSA) is 185 Å². The van der Waals surface area contributed by atoms with Gasteiger partial charge >= 0.3 is 0 Å².